The van der Waals surface area contributed by atoms with Gasteiger partial charge in [-0.2, -0.15) is 5.10 Å². The summed E-state index contributed by atoms with van der Waals surface area (Å²) >= 11 is 0. The fraction of sp³-hybridized carbons (Fsp3) is 0.447. The van der Waals surface area contributed by atoms with Crippen LogP contribution < -0.4 is 15.5 Å². The third-order valence-corrected chi connectivity index (χ3v) is 9.53. The number of ether oxygens (including phenoxy) is 2. The molecule has 2 aromatic heterocycles. The van der Waals surface area contributed by atoms with Gasteiger partial charge in [-0.15, -0.1) is 0 Å². The number of likely N-dealkylation sites (N-methyl/N-ethyl adjacent to an activating group) is 1. The molecule has 0 spiro atoms. The standard InChI is InChI=1S/C38H47N7O5/c1-25-22-45-32(40-33(25)44-20-18-29(23-44)39-35(47)50-37(3,4)5)21-31(42-45)26(2)43(6)34(46)38(19-12-16-28-15-10-11-17-30(28)38)41-36(48)49-24-27-13-8-7-9-14-27/h7-11,13-15,17,21-22,26,29H,12,16,18-20,23-24H2,1-6H3,(H,39,47)(H,41,48)/t26-,29-,38?/m0/s1. The highest BCUT2D eigenvalue weighted by atomic mass is 16.6. The molecule has 2 N–H and O–H groups in total. The molecule has 50 heavy (non-hydrogen) atoms. The molecule has 1 unspecified atom stereocenters. The Morgan fingerprint density at radius 1 is 1.08 bits per heavy atom. The van der Waals surface area contributed by atoms with Crippen molar-refractivity contribution in [1.29, 1.82) is 0 Å². The highest BCUT2D eigenvalue weighted by Gasteiger charge is 2.47. The van der Waals surface area contributed by atoms with Crippen LogP contribution in [0.1, 0.15) is 80.9 Å². The van der Waals surface area contributed by atoms with Crippen molar-refractivity contribution in [2.45, 2.75) is 90.1 Å². The van der Waals surface area contributed by atoms with E-state index in [4.69, 9.17) is 19.6 Å². The summed E-state index contributed by atoms with van der Waals surface area (Å²) in [5.74, 6) is 0.585. The summed E-state index contributed by atoms with van der Waals surface area (Å²) in [5, 5.41) is 10.8. The normalized spacial score (nSPS) is 19.4. The van der Waals surface area contributed by atoms with Crippen molar-refractivity contribution in [3.8, 4) is 0 Å². The molecule has 12 heteroatoms. The van der Waals surface area contributed by atoms with Gasteiger partial charge in [-0.05, 0) is 77.0 Å². The molecule has 2 aromatic carbocycles. The number of aryl methyl sites for hydroxylation is 2. The average Bonchev–Trinajstić information content (AvgIpc) is 3.72. The molecule has 1 aliphatic heterocycles. The lowest BCUT2D eigenvalue weighted by molar-refractivity contribution is -0.140. The Kier molecular flexibility index (Phi) is 9.73. The van der Waals surface area contributed by atoms with Gasteiger partial charge in [-0.3, -0.25) is 4.79 Å². The summed E-state index contributed by atoms with van der Waals surface area (Å²) in [6, 6.07) is 18.7. The molecule has 0 saturated carbocycles. The molecule has 1 saturated heterocycles. The predicted octanol–water partition coefficient (Wildman–Crippen LogP) is 5.82. The van der Waals surface area contributed by atoms with E-state index < -0.39 is 29.4 Å². The number of carbonyl (C=O) groups is 3. The third-order valence-electron chi connectivity index (χ3n) is 9.53. The second kappa shape index (κ2) is 14.0. The zero-order valence-corrected chi connectivity index (χ0v) is 29.7. The Balaban J connectivity index is 1.20. The zero-order chi connectivity index (χ0) is 35.6. The first-order valence-electron chi connectivity index (χ1n) is 17.3. The minimum Gasteiger partial charge on any atom is -0.445 e. The van der Waals surface area contributed by atoms with Crippen molar-refractivity contribution in [2.75, 3.05) is 25.0 Å². The van der Waals surface area contributed by atoms with E-state index in [1.54, 1.807) is 16.5 Å². The van der Waals surface area contributed by atoms with E-state index in [9.17, 15) is 14.4 Å². The summed E-state index contributed by atoms with van der Waals surface area (Å²) in [4.78, 5) is 49.1. The first kappa shape index (κ1) is 34.7. The fourth-order valence-electron chi connectivity index (χ4n) is 6.94. The number of anilines is 1. The van der Waals surface area contributed by atoms with Crippen LogP contribution in [-0.2, 0) is 32.8 Å². The summed E-state index contributed by atoms with van der Waals surface area (Å²) in [5.41, 5.74) is 3.08. The quantitative estimate of drug-likeness (QED) is 0.238. The van der Waals surface area contributed by atoms with Gasteiger partial charge in [0.15, 0.2) is 5.65 Å². The predicted molar refractivity (Wildman–Crippen MR) is 190 cm³/mol. The molecule has 0 bridgehead atoms. The molecular formula is C38H47N7O5. The molecule has 12 nitrogen and oxygen atoms in total. The maximum Gasteiger partial charge on any atom is 0.408 e. The highest BCUT2D eigenvalue weighted by Crippen LogP contribution is 2.38. The highest BCUT2D eigenvalue weighted by molar-refractivity contribution is 5.92. The molecule has 4 aromatic rings. The van der Waals surface area contributed by atoms with Gasteiger partial charge in [0.05, 0.1) is 17.8 Å². The molecule has 0 radical (unpaired) electrons. The van der Waals surface area contributed by atoms with Gasteiger partial charge in [0.1, 0.15) is 23.6 Å². The van der Waals surface area contributed by atoms with Crippen LogP contribution >= 0.6 is 0 Å². The van der Waals surface area contributed by atoms with Crippen LogP contribution in [0, 0.1) is 6.92 Å². The Morgan fingerprint density at radius 3 is 2.58 bits per heavy atom. The number of rotatable bonds is 8. The Morgan fingerprint density at radius 2 is 1.82 bits per heavy atom. The maximum absolute atomic E-state index is 14.6. The number of aromatic nitrogens is 3. The molecule has 3 heterocycles. The molecular weight excluding hydrogens is 634 g/mol. The van der Waals surface area contributed by atoms with Crippen LogP contribution in [0.25, 0.3) is 5.65 Å². The minimum atomic E-state index is -1.30. The van der Waals surface area contributed by atoms with Gasteiger partial charge in [0.2, 0.25) is 0 Å². The van der Waals surface area contributed by atoms with Gasteiger partial charge in [0, 0.05) is 38.0 Å². The van der Waals surface area contributed by atoms with Gasteiger partial charge in [0.25, 0.3) is 5.91 Å². The maximum atomic E-state index is 14.6. The Hall–Kier alpha value is -5.13. The molecule has 264 valence electrons. The van der Waals surface area contributed by atoms with Crippen LogP contribution in [-0.4, -0.2) is 69.4 Å². The van der Waals surface area contributed by atoms with E-state index in [1.165, 1.54) is 0 Å². The number of benzene rings is 2. The van der Waals surface area contributed by atoms with Crippen LogP contribution in [0.15, 0.2) is 66.9 Å². The lowest BCUT2D eigenvalue weighted by atomic mass is 9.75. The number of hydrogen-bond donors (Lipinski definition) is 2. The van der Waals surface area contributed by atoms with Crippen LogP contribution in [0.5, 0.6) is 0 Å². The van der Waals surface area contributed by atoms with Crippen molar-refractivity contribution in [2.24, 2.45) is 0 Å². The number of amides is 3. The monoisotopic (exact) mass is 681 g/mol. The van der Waals surface area contributed by atoms with Crippen molar-refractivity contribution in [1.82, 2.24) is 30.1 Å². The number of nitrogens with one attached hydrogen (secondary N) is 2. The van der Waals surface area contributed by atoms with E-state index in [-0.39, 0.29) is 18.6 Å². The first-order valence-corrected chi connectivity index (χ1v) is 17.3. The second-order valence-corrected chi connectivity index (χ2v) is 14.4. The van der Waals surface area contributed by atoms with Crippen molar-refractivity contribution in [3.63, 3.8) is 0 Å². The van der Waals surface area contributed by atoms with Crippen molar-refractivity contribution in [3.05, 3.63) is 94.8 Å². The van der Waals surface area contributed by atoms with Crippen molar-refractivity contribution >= 4 is 29.6 Å². The number of hydrogen-bond acceptors (Lipinski definition) is 8. The first-order chi connectivity index (χ1) is 23.8. The van der Waals surface area contributed by atoms with Crippen LogP contribution in [0.3, 0.4) is 0 Å². The minimum absolute atomic E-state index is 0.0519. The number of carbonyl (C=O) groups excluding carboxylic acids is 3. The topological polar surface area (TPSA) is 130 Å². The number of alkyl carbamates (subject to hydrolysis) is 2. The van der Waals surface area contributed by atoms with Crippen molar-refractivity contribution < 1.29 is 23.9 Å². The number of nitrogens with zero attached hydrogens (tertiary/aromatic N) is 5. The second-order valence-electron chi connectivity index (χ2n) is 14.4. The largest absolute Gasteiger partial charge is 0.445 e. The van der Waals surface area contributed by atoms with Gasteiger partial charge in [-0.25, -0.2) is 19.1 Å². The van der Waals surface area contributed by atoms with E-state index in [2.05, 4.69) is 15.5 Å². The molecule has 1 aliphatic carbocycles. The molecule has 2 aliphatic rings. The molecule has 6 rings (SSSR count). The van der Waals surface area contributed by atoms with E-state index in [0.29, 0.717) is 24.3 Å². The Labute approximate surface area is 293 Å². The van der Waals surface area contributed by atoms with Crippen LogP contribution in [0.2, 0.25) is 0 Å². The van der Waals surface area contributed by atoms with E-state index in [0.717, 1.165) is 53.9 Å². The Bertz CT molecular complexity index is 1870. The van der Waals surface area contributed by atoms with Gasteiger partial charge >= 0.3 is 12.2 Å². The van der Waals surface area contributed by atoms with E-state index >= 15 is 0 Å². The molecule has 3 amide bonds. The summed E-state index contributed by atoms with van der Waals surface area (Å²) in [6.07, 6.45) is 3.64. The molecule has 3 atom stereocenters. The number of fused-ring (bicyclic) bond motifs is 2. The lowest BCUT2D eigenvalue weighted by Gasteiger charge is -2.41. The summed E-state index contributed by atoms with van der Waals surface area (Å²) in [6.45, 7) is 10.9. The van der Waals surface area contributed by atoms with E-state index in [1.807, 2.05) is 101 Å². The van der Waals surface area contributed by atoms with Gasteiger partial charge < -0.3 is 29.9 Å². The summed E-state index contributed by atoms with van der Waals surface area (Å²) < 4.78 is 12.8. The lowest BCUT2D eigenvalue weighted by Crippen LogP contribution is -2.58. The summed E-state index contributed by atoms with van der Waals surface area (Å²) in [7, 11) is 1.75. The fourth-order valence-corrected chi connectivity index (χ4v) is 6.94. The SMILES string of the molecule is Cc1cn2nc([C@H](C)N(C)C(=O)C3(NC(=O)OCc4ccccc4)CCCc4ccccc43)cc2nc1N1CC[C@H](NC(=O)OC(C)(C)C)C1. The third kappa shape index (κ3) is 7.39. The molecule has 1 fully saturated rings. The smallest absolute Gasteiger partial charge is 0.408 e. The average molecular weight is 682 g/mol. The zero-order valence-electron chi connectivity index (χ0n) is 29.7. The van der Waals surface area contributed by atoms with Crippen LogP contribution in [0.4, 0.5) is 15.4 Å². The van der Waals surface area contributed by atoms with Gasteiger partial charge in [-0.1, -0.05) is 54.6 Å².